The zero-order valence-electron chi connectivity index (χ0n) is 6.80. The average Bonchev–Trinajstić information content (AvgIpc) is 2.11. The lowest BCUT2D eigenvalue weighted by Crippen LogP contribution is -2.11. The summed E-state index contributed by atoms with van der Waals surface area (Å²) in [7, 11) is 0. The summed E-state index contributed by atoms with van der Waals surface area (Å²) in [5.74, 6) is 0.734. The van der Waals surface area contributed by atoms with Crippen molar-refractivity contribution in [3.8, 4) is 0 Å². The molecule has 0 aliphatic heterocycles. The Bertz CT molecular complexity index is 226. The van der Waals surface area contributed by atoms with Crippen molar-refractivity contribution in [2.45, 2.75) is 26.2 Å². The van der Waals surface area contributed by atoms with Gasteiger partial charge in [0.05, 0.1) is 0 Å². The lowest BCUT2D eigenvalue weighted by molar-refractivity contribution is 0.406. The second-order valence-electron chi connectivity index (χ2n) is 3.38. The maximum absolute atomic E-state index is 5.29. The van der Waals surface area contributed by atoms with Gasteiger partial charge in [0.2, 0.25) is 5.89 Å². The molecule has 1 aromatic rings. The molecule has 1 heterocycles. The quantitative estimate of drug-likeness (QED) is 0.478. The van der Waals surface area contributed by atoms with Crippen LogP contribution in [0.25, 0.3) is 0 Å². The third kappa shape index (κ3) is 1.59. The Morgan fingerprint density at radius 2 is 1.90 bits per heavy atom. The van der Waals surface area contributed by atoms with Crippen LogP contribution in [-0.4, -0.2) is 26.5 Å². The normalized spacial score (nSPS) is 11.9. The van der Waals surface area contributed by atoms with E-state index in [0.717, 1.165) is 26.9 Å². The average molecular weight is 154 g/mol. The third-order valence-corrected chi connectivity index (χ3v) is 1.57. The Balaban J connectivity index is 2.96. The molecule has 0 aromatic carbocycles. The first kappa shape index (κ1) is 7.78. The number of hydrogen-bond donors (Lipinski definition) is 0. The summed E-state index contributed by atoms with van der Waals surface area (Å²) in [5, 5.41) is 7.73. The van der Waals surface area contributed by atoms with Crippen LogP contribution < -0.4 is 4.75 Å². The Morgan fingerprint density at radius 1 is 1.30 bits per heavy atom. The SMILES string of the molecule is CC(C)(C)c1nn[c]([AlH2])o1. The third-order valence-electron chi connectivity index (χ3n) is 1.17. The molecule has 10 heavy (non-hydrogen) atoms. The zero-order valence-corrected chi connectivity index (χ0v) is 8.80. The van der Waals surface area contributed by atoms with Gasteiger partial charge in [0.25, 0.3) is 0 Å². The monoisotopic (exact) mass is 154 g/mol. The summed E-state index contributed by atoms with van der Waals surface area (Å²) in [5.41, 5.74) is -0.00431. The van der Waals surface area contributed by atoms with Gasteiger partial charge in [-0.25, -0.2) is 0 Å². The van der Waals surface area contributed by atoms with Gasteiger partial charge in [-0.3, -0.25) is 0 Å². The highest BCUT2D eigenvalue weighted by Gasteiger charge is 2.19. The molecule has 54 valence electrons. The van der Waals surface area contributed by atoms with Gasteiger partial charge in [-0.2, -0.15) is 0 Å². The fraction of sp³-hybridized carbons (Fsp3) is 0.667. The predicted molar refractivity (Wildman–Crippen MR) is 41.2 cm³/mol. The molecular weight excluding hydrogens is 143 g/mol. The number of hydrogen-bond acceptors (Lipinski definition) is 3. The van der Waals surface area contributed by atoms with Crippen LogP contribution in [-0.2, 0) is 5.41 Å². The molecule has 1 rings (SSSR count). The first-order valence-electron chi connectivity index (χ1n) is 3.31. The molecule has 0 aliphatic rings. The van der Waals surface area contributed by atoms with Gasteiger partial charge in [-0.05, 0) is 0 Å². The molecule has 0 atom stereocenters. The van der Waals surface area contributed by atoms with Gasteiger partial charge in [0, 0.05) is 5.41 Å². The first-order chi connectivity index (χ1) is 4.50. The molecule has 0 N–H and O–H groups in total. The zero-order chi connectivity index (χ0) is 7.78. The van der Waals surface area contributed by atoms with E-state index in [1.54, 1.807) is 0 Å². The molecule has 1 aromatic heterocycles. The Labute approximate surface area is 68.3 Å². The molecule has 0 saturated carbocycles. The number of aromatic nitrogens is 2. The van der Waals surface area contributed by atoms with Crippen LogP contribution in [0, 0.1) is 0 Å². The van der Waals surface area contributed by atoms with E-state index in [1.165, 1.54) is 0 Å². The summed E-state index contributed by atoms with van der Waals surface area (Å²) >= 11 is 0.838. The van der Waals surface area contributed by atoms with Crippen molar-refractivity contribution in [2.24, 2.45) is 0 Å². The minimum atomic E-state index is -0.00431. The molecule has 3 nitrogen and oxygen atoms in total. The molecule has 0 unspecified atom stereocenters. The van der Waals surface area contributed by atoms with Gasteiger partial charge < -0.3 is 4.42 Å². The topological polar surface area (TPSA) is 38.9 Å². The second kappa shape index (κ2) is 2.37. The van der Waals surface area contributed by atoms with Crippen molar-refractivity contribution in [1.82, 2.24) is 10.2 Å². The van der Waals surface area contributed by atoms with Crippen molar-refractivity contribution in [2.75, 3.05) is 0 Å². The molecule has 0 spiro atoms. The van der Waals surface area contributed by atoms with E-state index in [2.05, 4.69) is 31.0 Å². The van der Waals surface area contributed by atoms with Gasteiger partial charge in [-0.1, -0.05) is 20.8 Å². The molecule has 0 saturated heterocycles. The molecule has 4 heteroatoms. The summed E-state index contributed by atoms with van der Waals surface area (Å²) < 4.78 is 6.06. The maximum Gasteiger partial charge on any atom is 0.354 e. The van der Waals surface area contributed by atoms with Crippen LogP contribution >= 0.6 is 0 Å². The minimum absolute atomic E-state index is 0.00431. The van der Waals surface area contributed by atoms with Crippen molar-refractivity contribution in [1.29, 1.82) is 0 Å². The summed E-state index contributed by atoms with van der Waals surface area (Å²) in [4.78, 5) is 0. The van der Waals surface area contributed by atoms with Crippen LogP contribution in [0.3, 0.4) is 0 Å². The van der Waals surface area contributed by atoms with E-state index in [4.69, 9.17) is 4.42 Å². The highest BCUT2D eigenvalue weighted by molar-refractivity contribution is 6.27. The Morgan fingerprint density at radius 3 is 2.10 bits per heavy atom. The molecule has 0 radical (unpaired) electrons. The largest absolute Gasteiger partial charge is 0.445 e. The summed E-state index contributed by atoms with van der Waals surface area (Å²) in [6.45, 7) is 6.17. The van der Waals surface area contributed by atoms with E-state index >= 15 is 0 Å². The van der Waals surface area contributed by atoms with Crippen LogP contribution in [0.15, 0.2) is 4.42 Å². The van der Waals surface area contributed by atoms with E-state index in [0.29, 0.717) is 0 Å². The fourth-order valence-electron chi connectivity index (χ4n) is 0.600. The van der Waals surface area contributed by atoms with Crippen LogP contribution in [0.2, 0.25) is 0 Å². The van der Waals surface area contributed by atoms with Crippen LogP contribution in [0.5, 0.6) is 0 Å². The van der Waals surface area contributed by atoms with Crippen LogP contribution in [0.1, 0.15) is 26.7 Å². The maximum atomic E-state index is 5.29. The fourth-order valence-corrected chi connectivity index (χ4v) is 0.893. The summed E-state index contributed by atoms with van der Waals surface area (Å²) in [6.07, 6.45) is 0. The molecule has 0 fully saturated rings. The van der Waals surface area contributed by atoms with Crippen LogP contribution in [0.4, 0.5) is 0 Å². The van der Waals surface area contributed by atoms with Crippen molar-refractivity contribution < 1.29 is 4.42 Å². The van der Waals surface area contributed by atoms with Gasteiger partial charge in [0.15, 0.2) is 0 Å². The van der Waals surface area contributed by atoms with Crippen molar-refractivity contribution in [3.63, 3.8) is 0 Å². The first-order valence-corrected chi connectivity index (χ1v) is 4.31. The highest BCUT2D eigenvalue weighted by Crippen LogP contribution is 2.17. The Hall–Kier alpha value is -0.328. The molecule has 0 amide bonds. The predicted octanol–water partition coefficient (Wildman–Crippen LogP) is -0.375. The smallest absolute Gasteiger partial charge is 0.354 e. The number of rotatable bonds is 0. The molecule has 0 aliphatic carbocycles. The van der Waals surface area contributed by atoms with E-state index < -0.39 is 0 Å². The highest BCUT2D eigenvalue weighted by atomic mass is 27.0. The second-order valence-corrected chi connectivity index (χ2v) is 4.23. The standard InChI is InChI=1S/C6H9N2O.Al.2H/c1-6(2,3)5-8-7-4-9-5;;;/h1-3H3;;;. The number of nitrogens with zero attached hydrogens (tertiary/aromatic N) is 2. The minimum Gasteiger partial charge on any atom is -0.445 e. The molecule has 0 bridgehead atoms. The Kier molecular flexibility index (Phi) is 1.84. The van der Waals surface area contributed by atoms with Gasteiger partial charge in [-0.15, -0.1) is 10.2 Å². The molecular formula is C6H11AlN2O. The van der Waals surface area contributed by atoms with Crippen molar-refractivity contribution >= 4 is 21.0 Å². The van der Waals surface area contributed by atoms with Gasteiger partial charge in [0.1, 0.15) is 4.75 Å². The van der Waals surface area contributed by atoms with E-state index in [-0.39, 0.29) is 5.41 Å². The lowest BCUT2D eigenvalue weighted by Gasteiger charge is -2.10. The van der Waals surface area contributed by atoms with Gasteiger partial charge >= 0.3 is 16.3 Å². The van der Waals surface area contributed by atoms with E-state index in [9.17, 15) is 0 Å². The van der Waals surface area contributed by atoms with Crippen molar-refractivity contribution in [3.05, 3.63) is 5.89 Å². The summed E-state index contributed by atoms with van der Waals surface area (Å²) in [6, 6.07) is 0. The van der Waals surface area contributed by atoms with E-state index in [1.807, 2.05) is 0 Å². The lowest BCUT2D eigenvalue weighted by atomic mass is 9.97.